The van der Waals surface area contributed by atoms with E-state index < -0.39 is 17.9 Å². The lowest BCUT2D eigenvalue weighted by Crippen LogP contribution is -2.43. The molecule has 0 aromatic carbocycles. The summed E-state index contributed by atoms with van der Waals surface area (Å²) in [6.45, 7) is 1.85. The van der Waals surface area contributed by atoms with E-state index in [1.165, 1.54) is 4.90 Å². The zero-order chi connectivity index (χ0) is 10.7. The molecule has 1 heterocycles. The Morgan fingerprint density at radius 2 is 2.21 bits per heavy atom. The highest BCUT2D eigenvalue weighted by atomic mass is 16.4. The van der Waals surface area contributed by atoms with Crippen molar-refractivity contribution in [1.82, 2.24) is 4.90 Å². The lowest BCUT2D eigenvalue weighted by Gasteiger charge is -2.23. The fraction of sp³-hybridized carbons (Fsp3) is 0.778. The number of aliphatic carboxylic acids is 1. The molecular weight excluding hydrogens is 186 g/mol. The van der Waals surface area contributed by atoms with Crippen LogP contribution in [0.25, 0.3) is 0 Å². The smallest absolute Gasteiger partial charge is 0.326 e. The topological polar surface area (TPSA) is 77.8 Å². The van der Waals surface area contributed by atoms with Gasteiger partial charge in [0, 0.05) is 6.54 Å². The Balaban J connectivity index is 2.67. The van der Waals surface area contributed by atoms with Crippen molar-refractivity contribution < 1.29 is 19.8 Å². The molecule has 0 aromatic rings. The summed E-state index contributed by atoms with van der Waals surface area (Å²) in [5.74, 6) is -1.73. The lowest BCUT2D eigenvalue weighted by molar-refractivity contribution is -0.150. The van der Waals surface area contributed by atoms with Crippen molar-refractivity contribution in [1.29, 1.82) is 0 Å². The van der Waals surface area contributed by atoms with Gasteiger partial charge in [0.05, 0.1) is 12.5 Å². The second-order valence-electron chi connectivity index (χ2n) is 3.61. The van der Waals surface area contributed by atoms with Crippen molar-refractivity contribution >= 4 is 11.9 Å². The van der Waals surface area contributed by atoms with Gasteiger partial charge in [0.15, 0.2) is 0 Å². The predicted molar refractivity (Wildman–Crippen MR) is 48.6 cm³/mol. The molecule has 0 aliphatic carbocycles. The average Bonchev–Trinajstić information content (AvgIpc) is 2.63. The van der Waals surface area contributed by atoms with E-state index in [1.54, 1.807) is 6.92 Å². The Hall–Kier alpha value is -1.10. The molecule has 0 unspecified atom stereocenters. The highest BCUT2D eigenvalue weighted by Gasteiger charge is 2.35. The van der Waals surface area contributed by atoms with Crippen molar-refractivity contribution in [3.63, 3.8) is 0 Å². The summed E-state index contributed by atoms with van der Waals surface area (Å²) in [4.78, 5) is 23.7. The molecule has 1 aliphatic rings. The Morgan fingerprint density at radius 3 is 2.71 bits per heavy atom. The van der Waals surface area contributed by atoms with Gasteiger partial charge in [-0.3, -0.25) is 4.79 Å². The number of aliphatic hydroxyl groups is 1. The van der Waals surface area contributed by atoms with Crippen LogP contribution in [0.3, 0.4) is 0 Å². The second-order valence-corrected chi connectivity index (χ2v) is 3.61. The van der Waals surface area contributed by atoms with Gasteiger partial charge in [-0.25, -0.2) is 4.79 Å². The van der Waals surface area contributed by atoms with Gasteiger partial charge in [-0.1, -0.05) is 6.92 Å². The van der Waals surface area contributed by atoms with Crippen LogP contribution in [0.5, 0.6) is 0 Å². The summed E-state index contributed by atoms with van der Waals surface area (Å²) in [7, 11) is 0. The largest absolute Gasteiger partial charge is 0.480 e. The molecule has 1 aliphatic heterocycles. The van der Waals surface area contributed by atoms with Crippen LogP contribution in [0.2, 0.25) is 0 Å². The SMILES string of the molecule is C[C@@H](CO)C(=O)N1CCC[C@@H]1C(=O)O. The van der Waals surface area contributed by atoms with Crippen LogP contribution in [-0.2, 0) is 9.59 Å². The minimum Gasteiger partial charge on any atom is -0.480 e. The van der Waals surface area contributed by atoms with E-state index in [-0.39, 0.29) is 12.5 Å². The van der Waals surface area contributed by atoms with Crippen LogP contribution in [0.4, 0.5) is 0 Å². The average molecular weight is 201 g/mol. The number of rotatable bonds is 3. The molecule has 0 saturated carbocycles. The number of nitrogens with zero attached hydrogens (tertiary/aromatic N) is 1. The number of carbonyl (C=O) groups is 2. The number of amides is 1. The van der Waals surface area contributed by atoms with Crippen LogP contribution in [0.15, 0.2) is 0 Å². The van der Waals surface area contributed by atoms with E-state index in [4.69, 9.17) is 10.2 Å². The molecular formula is C9H15NO4. The van der Waals surface area contributed by atoms with E-state index in [0.29, 0.717) is 13.0 Å². The number of aliphatic hydroxyl groups excluding tert-OH is 1. The van der Waals surface area contributed by atoms with Crippen molar-refractivity contribution in [2.45, 2.75) is 25.8 Å². The molecule has 1 amide bonds. The first-order valence-corrected chi connectivity index (χ1v) is 4.72. The normalized spacial score (nSPS) is 23.6. The molecule has 80 valence electrons. The molecule has 5 heteroatoms. The third-order valence-electron chi connectivity index (χ3n) is 2.52. The van der Waals surface area contributed by atoms with Gasteiger partial charge >= 0.3 is 5.97 Å². The van der Waals surface area contributed by atoms with Gasteiger partial charge < -0.3 is 15.1 Å². The van der Waals surface area contributed by atoms with E-state index in [0.717, 1.165) is 6.42 Å². The first-order chi connectivity index (χ1) is 6.57. The van der Waals surface area contributed by atoms with Crippen molar-refractivity contribution in [3.05, 3.63) is 0 Å². The third kappa shape index (κ3) is 2.04. The van der Waals surface area contributed by atoms with Gasteiger partial charge in [0.25, 0.3) is 0 Å². The molecule has 0 radical (unpaired) electrons. The van der Waals surface area contributed by atoms with E-state index >= 15 is 0 Å². The number of hydrogen-bond acceptors (Lipinski definition) is 3. The van der Waals surface area contributed by atoms with Crippen LogP contribution >= 0.6 is 0 Å². The minimum absolute atomic E-state index is 0.234. The molecule has 0 spiro atoms. The standard InChI is InChI=1S/C9H15NO4/c1-6(5-11)8(12)10-4-2-3-7(10)9(13)14/h6-7,11H,2-5H2,1H3,(H,13,14)/t6-,7+/m0/s1. The lowest BCUT2D eigenvalue weighted by atomic mass is 10.1. The molecule has 2 atom stereocenters. The fourth-order valence-corrected chi connectivity index (χ4v) is 1.65. The Labute approximate surface area is 82.3 Å². The zero-order valence-electron chi connectivity index (χ0n) is 8.14. The summed E-state index contributed by atoms with van der Waals surface area (Å²) in [5, 5.41) is 17.6. The number of carboxylic acids is 1. The van der Waals surface area contributed by atoms with Crippen LogP contribution in [-0.4, -0.2) is 46.2 Å². The number of carbonyl (C=O) groups excluding carboxylic acids is 1. The first-order valence-electron chi connectivity index (χ1n) is 4.72. The maximum absolute atomic E-state index is 11.6. The highest BCUT2D eigenvalue weighted by molar-refractivity contribution is 5.85. The maximum atomic E-state index is 11.6. The monoisotopic (exact) mass is 201 g/mol. The van der Waals surface area contributed by atoms with Gasteiger partial charge in [-0.05, 0) is 12.8 Å². The molecule has 0 aromatic heterocycles. The summed E-state index contributed by atoms with van der Waals surface area (Å²) in [5.41, 5.74) is 0. The molecule has 0 bridgehead atoms. The Morgan fingerprint density at radius 1 is 1.57 bits per heavy atom. The van der Waals surface area contributed by atoms with E-state index in [9.17, 15) is 9.59 Å². The van der Waals surface area contributed by atoms with Crippen LogP contribution < -0.4 is 0 Å². The van der Waals surface area contributed by atoms with Gasteiger partial charge in [-0.15, -0.1) is 0 Å². The Bertz CT molecular complexity index is 241. The molecule has 1 fully saturated rings. The van der Waals surface area contributed by atoms with Crippen LogP contribution in [0, 0.1) is 5.92 Å². The van der Waals surface area contributed by atoms with Gasteiger partial charge in [-0.2, -0.15) is 0 Å². The summed E-state index contributed by atoms with van der Waals surface area (Å²) in [6, 6.07) is -0.698. The molecule has 14 heavy (non-hydrogen) atoms. The highest BCUT2D eigenvalue weighted by Crippen LogP contribution is 2.19. The van der Waals surface area contributed by atoms with Crippen molar-refractivity contribution in [2.75, 3.05) is 13.2 Å². The number of hydrogen-bond donors (Lipinski definition) is 2. The zero-order valence-corrected chi connectivity index (χ0v) is 8.14. The minimum atomic E-state index is -0.957. The first kappa shape index (κ1) is 11.0. The number of carboxylic acid groups (broad SMARTS) is 1. The summed E-state index contributed by atoms with van der Waals surface area (Å²) in [6.07, 6.45) is 1.24. The van der Waals surface area contributed by atoms with Crippen molar-refractivity contribution in [2.24, 2.45) is 5.92 Å². The molecule has 5 nitrogen and oxygen atoms in total. The van der Waals surface area contributed by atoms with Crippen LogP contribution in [0.1, 0.15) is 19.8 Å². The van der Waals surface area contributed by atoms with E-state index in [2.05, 4.69) is 0 Å². The predicted octanol–water partition coefficient (Wildman–Crippen LogP) is -0.310. The van der Waals surface area contributed by atoms with E-state index in [1.807, 2.05) is 0 Å². The molecule has 1 saturated heterocycles. The summed E-state index contributed by atoms with van der Waals surface area (Å²) < 4.78 is 0. The second kappa shape index (κ2) is 4.41. The molecule has 2 N–H and O–H groups in total. The summed E-state index contributed by atoms with van der Waals surface area (Å²) >= 11 is 0. The number of likely N-dealkylation sites (tertiary alicyclic amines) is 1. The fourth-order valence-electron chi connectivity index (χ4n) is 1.65. The molecule has 1 rings (SSSR count). The Kier molecular flexibility index (Phi) is 3.46. The maximum Gasteiger partial charge on any atom is 0.326 e. The third-order valence-corrected chi connectivity index (χ3v) is 2.52. The van der Waals surface area contributed by atoms with Crippen molar-refractivity contribution in [3.8, 4) is 0 Å². The van der Waals surface area contributed by atoms with Gasteiger partial charge in [0.1, 0.15) is 6.04 Å². The van der Waals surface area contributed by atoms with Gasteiger partial charge in [0.2, 0.25) is 5.91 Å². The quantitative estimate of drug-likeness (QED) is 0.656.